The second-order valence-electron chi connectivity index (χ2n) is 5.52. The minimum atomic E-state index is -1.07. The molecule has 3 amide bonds. The molecule has 0 spiro atoms. The van der Waals surface area contributed by atoms with Gasteiger partial charge < -0.3 is 14.5 Å². The van der Waals surface area contributed by atoms with E-state index in [4.69, 9.17) is 9.15 Å². The van der Waals surface area contributed by atoms with Crippen LogP contribution in [-0.2, 0) is 20.7 Å². The van der Waals surface area contributed by atoms with Gasteiger partial charge in [0.25, 0.3) is 5.91 Å². The van der Waals surface area contributed by atoms with E-state index in [2.05, 4.69) is 10.6 Å². The molecule has 7 heteroatoms. The summed E-state index contributed by atoms with van der Waals surface area (Å²) in [7, 11) is 1.38. The maximum atomic E-state index is 12.0. The molecule has 7 nitrogen and oxygen atoms in total. The number of ether oxygens (including phenoxy) is 1. The second kappa shape index (κ2) is 7.16. The van der Waals surface area contributed by atoms with Gasteiger partial charge in [-0.2, -0.15) is 0 Å². The van der Waals surface area contributed by atoms with Gasteiger partial charge in [0.15, 0.2) is 6.10 Å². The number of carbonyl (C=O) groups is 3. The quantitative estimate of drug-likeness (QED) is 0.834. The molecular weight excluding hydrogens is 312 g/mol. The molecule has 2 N–H and O–H groups in total. The highest BCUT2D eigenvalue weighted by atomic mass is 16.5. The number of carbonyl (C=O) groups excluding carboxylic acids is 3. The molecule has 0 saturated carbocycles. The number of benzene rings is 1. The lowest BCUT2D eigenvalue weighted by molar-refractivity contribution is -0.153. The molecule has 0 bridgehead atoms. The molecule has 2 rings (SSSR count). The van der Waals surface area contributed by atoms with Gasteiger partial charge in [0.2, 0.25) is 0 Å². The molecule has 24 heavy (non-hydrogen) atoms. The van der Waals surface area contributed by atoms with Crippen molar-refractivity contribution in [2.45, 2.75) is 33.3 Å². The third kappa shape index (κ3) is 3.73. The standard InChI is InChI=1S/C17H20N2O5/c1-9-5-6-13-12(8-23-15(13)10(9)2)7-14(20)24-11(3)16(21)19-17(22)18-4/h5-6,8,11H,7H2,1-4H3,(H2,18,19,21,22)/t11-/m1/s1. The van der Waals surface area contributed by atoms with Crippen LogP contribution in [-0.4, -0.2) is 31.1 Å². The van der Waals surface area contributed by atoms with Crippen molar-refractivity contribution >= 4 is 28.9 Å². The molecule has 0 aliphatic rings. The maximum Gasteiger partial charge on any atom is 0.321 e. The molecular formula is C17H20N2O5. The van der Waals surface area contributed by atoms with Gasteiger partial charge >= 0.3 is 12.0 Å². The predicted molar refractivity (Wildman–Crippen MR) is 87.5 cm³/mol. The van der Waals surface area contributed by atoms with Gasteiger partial charge in [-0.05, 0) is 31.9 Å². The lowest BCUT2D eigenvalue weighted by atomic mass is 10.0. The van der Waals surface area contributed by atoms with Crippen LogP contribution in [0.4, 0.5) is 4.79 Å². The van der Waals surface area contributed by atoms with Crippen LogP contribution in [0.5, 0.6) is 0 Å². The molecule has 2 aromatic rings. The smallest absolute Gasteiger partial charge is 0.321 e. The topological polar surface area (TPSA) is 97.6 Å². The summed E-state index contributed by atoms with van der Waals surface area (Å²) in [6, 6.07) is 3.20. The van der Waals surface area contributed by atoms with Crippen molar-refractivity contribution in [3.8, 4) is 0 Å². The molecule has 0 saturated heterocycles. The molecule has 0 fully saturated rings. The lowest BCUT2D eigenvalue weighted by Crippen LogP contribution is -2.43. The summed E-state index contributed by atoms with van der Waals surface area (Å²) in [6.45, 7) is 5.34. The first kappa shape index (κ1) is 17.5. The number of rotatable bonds is 4. The number of amides is 3. The molecule has 0 unspecified atom stereocenters. The van der Waals surface area contributed by atoms with E-state index in [1.165, 1.54) is 20.2 Å². The van der Waals surface area contributed by atoms with E-state index in [-0.39, 0.29) is 6.42 Å². The Morgan fingerprint density at radius 1 is 1.25 bits per heavy atom. The Morgan fingerprint density at radius 3 is 2.62 bits per heavy atom. The van der Waals surface area contributed by atoms with Crippen molar-refractivity contribution in [1.29, 1.82) is 0 Å². The molecule has 1 aromatic heterocycles. The first-order valence-electron chi connectivity index (χ1n) is 7.51. The third-order valence-electron chi connectivity index (χ3n) is 3.82. The van der Waals surface area contributed by atoms with Crippen LogP contribution < -0.4 is 10.6 Å². The van der Waals surface area contributed by atoms with Crippen molar-refractivity contribution in [2.24, 2.45) is 0 Å². The molecule has 1 aromatic carbocycles. The minimum Gasteiger partial charge on any atom is -0.464 e. The van der Waals surface area contributed by atoms with Gasteiger partial charge in [-0.25, -0.2) is 4.79 Å². The zero-order valence-electron chi connectivity index (χ0n) is 14.1. The van der Waals surface area contributed by atoms with Gasteiger partial charge in [0.05, 0.1) is 12.7 Å². The number of aryl methyl sites for hydroxylation is 2. The van der Waals surface area contributed by atoms with E-state index < -0.39 is 24.0 Å². The fraction of sp³-hybridized carbons (Fsp3) is 0.353. The van der Waals surface area contributed by atoms with E-state index in [9.17, 15) is 14.4 Å². The number of hydrogen-bond acceptors (Lipinski definition) is 5. The number of hydrogen-bond donors (Lipinski definition) is 2. The molecule has 1 atom stereocenters. The molecule has 0 radical (unpaired) electrons. The van der Waals surface area contributed by atoms with Crippen LogP contribution >= 0.6 is 0 Å². The number of furan rings is 1. The average molecular weight is 332 g/mol. The SMILES string of the molecule is CNC(=O)NC(=O)[C@@H](C)OC(=O)Cc1coc2c(C)c(C)ccc12. The lowest BCUT2D eigenvalue weighted by Gasteiger charge is -2.12. The summed E-state index contributed by atoms with van der Waals surface area (Å²) in [6.07, 6.45) is 0.428. The van der Waals surface area contributed by atoms with Gasteiger partial charge in [0.1, 0.15) is 5.58 Å². The van der Waals surface area contributed by atoms with E-state index in [1.807, 2.05) is 26.0 Å². The van der Waals surface area contributed by atoms with Crippen LogP contribution in [0.15, 0.2) is 22.8 Å². The van der Waals surface area contributed by atoms with E-state index in [0.717, 1.165) is 22.1 Å². The summed E-state index contributed by atoms with van der Waals surface area (Å²) < 4.78 is 10.6. The van der Waals surface area contributed by atoms with Crippen LogP contribution in [0.2, 0.25) is 0 Å². The molecule has 128 valence electrons. The number of fused-ring (bicyclic) bond motifs is 1. The average Bonchev–Trinajstić information content (AvgIpc) is 2.94. The highest BCUT2D eigenvalue weighted by molar-refractivity contribution is 5.97. The Balaban J connectivity index is 2.04. The van der Waals surface area contributed by atoms with Crippen molar-refractivity contribution in [3.63, 3.8) is 0 Å². The summed E-state index contributed by atoms with van der Waals surface area (Å²) >= 11 is 0. The highest BCUT2D eigenvalue weighted by Gasteiger charge is 2.21. The fourth-order valence-electron chi connectivity index (χ4n) is 2.25. The van der Waals surface area contributed by atoms with Crippen LogP contribution in [0.25, 0.3) is 11.0 Å². The van der Waals surface area contributed by atoms with Gasteiger partial charge in [-0.15, -0.1) is 0 Å². The molecule has 1 heterocycles. The predicted octanol–water partition coefficient (Wildman–Crippen LogP) is 1.98. The monoisotopic (exact) mass is 332 g/mol. The minimum absolute atomic E-state index is 0.0207. The van der Waals surface area contributed by atoms with Crippen molar-refractivity contribution in [2.75, 3.05) is 7.05 Å². The van der Waals surface area contributed by atoms with Crippen LogP contribution in [0.3, 0.4) is 0 Å². The Labute approximate surface area is 139 Å². The van der Waals surface area contributed by atoms with Gasteiger partial charge in [0, 0.05) is 18.0 Å². The number of nitrogens with one attached hydrogen (secondary N) is 2. The normalized spacial score (nSPS) is 11.8. The Kier molecular flexibility index (Phi) is 5.23. The Hall–Kier alpha value is -2.83. The van der Waals surface area contributed by atoms with Gasteiger partial charge in [-0.3, -0.25) is 14.9 Å². The largest absolute Gasteiger partial charge is 0.464 e. The Bertz CT molecular complexity index is 794. The fourth-order valence-corrected chi connectivity index (χ4v) is 2.25. The van der Waals surface area contributed by atoms with Crippen molar-refractivity contribution in [3.05, 3.63) is 35.1 Å². The first-order chi connectivity index (χ1) is 11.3. The van der Waals surface area contributed by atoms with E-state index in [1.54, 1.807) is 0 Å². The molecule has 0 aliphatic heterocycles. The Morgan fingerprint density at radius 2 is 1.96 bits per heavy atom. The van der Waals surface area contributed by atoms with Crippen molar-refractivity contribution in [1.82, 2.24) is 10.6 Å². The summed E-state index contributed by atoms with van der Waals surface area (Å²) in [5.41, 5.74) is 3.55. The maximum absolute atomic E-state index is 12.0. The van der Waals surface area contributed by atoms with Crippen LogP contribution in [0, 0.1) is 13.8 Å². The van der Waals surface area contributed by atoms with Crippen molar-refractivity contribution < 1.29 is 23.5 Å². The zero-order valence-corrected chi connectivity index (χ0v) is 14.1. The zero-order chi connectivity index (χ0) is 17.9. The number of urea groups is 1. The molecule has 0 aliphatic carbocycles. The summed E-state index contributed by atoms with van der Waals surface area (Å²) in [5, 5.41) is 5.14. The first-order valence-corrected chi connectivity index (χ1v) is 7.51. The number of esters is 1. The van der Waals surface area contributed by atoms with Crippen LogP contribution in [0.1, 0.15) is 23.6 Å². The van der Waals surface area contributed by atoms with Gasteiger partial charge in [-0.1, -0.05) is 12.1 Å². The van der Waals surface area contributed by atoms with E-state index in [0.29, 0.717) is 5.56 Å². The second-order valence-corrected chi connectivity index (χ2v) is 5.52. The van der Waals surface area contributed by atoms with E-state index >= 15 is 0 Å². The highest BCUT2D eigenvalue weighted by Crippen LogP contribution is 2.26. The summed E-state index contributed by atoms with van der Waals surface area (Å²) in [4.78, 5) is 34.8. The third-order valence-corrected chi connectivity index (χ3v) is 3.82. The summed E-state index contributed by atoms with van der Waals surface area (Å²) in [5.74, 6) is -1.26. The number of imide groups is 1.